The number of hydrogen-bond donors (Lipinski definition) is 1. The number of Topliss-reactive ketones (excluding diaryl/α,β-unsaturated/α-hetero) is 1. The summed E-state index contributed by atoms with van der Waals surface area (Å²) in [6.45, 7) is 1.48. The SMILES string of the molecule is COc1ncc(NC(=O)c2ccc(C(C)=O)cc2)c(N(C)C)n1. The van der Waals surface area contributed by atoms with Crippen LogP contribution in [0.2, 0.25) is 0 Å². The third kappa shape index (κ3) is 3.82. The summed E-state index contributed by atoms with van der Waals surface area (Å²) >= 11 is 0. The first-order chi connectivity index (χ1) is 10.9. The molecule has 1 N–H and O–H groups in total. The highest BCUT2D eigenvalue weighted by Gasteiger charge is 2.14. The topological polar surface area (TPSA) is 84.4 Å². The largest absolute Gasteiger partial charge is 0.467 e. The number of nitrogens with zero attached hydrogens (tertiary/aromatic N) is 3. The van der Waals surface area contributed by atoms with Crippen LogP contribution in [-0.4, -0.2) is 42.9 Å². The predicted octanol–water partition coefficient (Wildman–Crippen LogP) is 2.01. The van der Waals surface area contributed by atoms with Crippen LogP contribution in [0.3, 0.4) is 0 Å². The van der Waals surface area contributed by atoms with Crippen molar-refractivity contribution in [2.45, 2.75) is 6.92 Å². The van der Waals surface area contributed by atoms with Gasteiger partial charge >= 0.3 is 6.01 Å². The smallest absolute Gasteiger partial charge is 0.318 e. The van der Waals surface area contributed by atoms with E-state index >= 15 is 0 Å². The molecular weight excluding hydrogens is 296 g/mol. The third-order valence-electron chi connectivity index (χ3n) is 3.15. The molecule has 2 aromatic rings. The molecule has 7 nitrogen and oxygen atoms in total. The highest BCUT2D eigenvalue weighted by molar-refractivity contribution is 6.06. The van der Waals surface area contributed by atoms with Crippen LogP contribution in [0.5, 0.6) is 6.01 Å². The maximum Gasteiger partial charge on any atom is 0.318 e. The van der Waals surface area contributed by atoms with Crippen LogP contribution < -0.4 is 15.0 Å². The molecule has 0 spiro atoms. The van der Waals surface area contributed by atoms with E-state index in [1.54, 1.807) is 43.3 Å². The van der Waals surface area contributed by atoms with Gasteiger partial charge in [-0.3, -0.25) is 9.59 Å². The Bertz CT molecular complexity index is 727. The van der Waals surface area contributed by atoms with Gasteiger partial charge < -0.3 is 15.0 Å². The number of anilines is 2. The van der Waals surface area contributed by atoms with Crippen LogP contribution in [0.25, 0.3) is 0 Å². The molecule has 0 radical (unpaired) electrons. The maximum absolute atomic E-state index is 12.3. The second kappa shape index (κ2) is 6.87. The van der Waals surface area contributed by atoms with Crippen LogP contribution in [0, 0.1) is 0 Å². The van der Waals surface area contributed by atoms with E-state index in [9.17, 15) is 9.59 Å². The number of carbonyl (C=O) groups excluding carboxylic acids is 2. The number of amides is 1. The summed E-state index contributed by atoms with van der Waals surface area (Å²) < 4.78 is 4.99. The molecule has 0 aliphatic rings. The first-order valence-corrected chi connectivity index (χ1v) is 6.93. The minimum Gasteiger partial charge on any atom is -0.467 e. The molecule has 23 heavy (non-hydrogen) atoms. The molecular formula is C16H18N4O3. The number of aromatic nitrogens is 2. The molecule has 0 saturated carbocycles. The summed E-state index contributed by atoms with van der Waals surface area (Å²) in [5, 5.41) is 2.76. The van der Waals surface area contributed by atoms with Crippen molar-refractivity contribution >= 4 is 23.2 Å². The minimum absolute atomic E-state index is 0.0459. The minimum atomic E-state index is -0.308. The van der Waals surface area contributed by atoms with Crippen molar-refractivity contribution in [3.8, 4) is 6.01 Å². The number of rotatable bonds is 5. The van der Waals surface area contributed by atoms with E-state index in [4.69, 9.17) is 4.74 Å². The van der Waals surface area contributed by atoms with E-state index in [0.717, 1.165) is 0 Å². The summed E-state index contributed by atoms with van der Waals surface area (Å²) in [5.41, 5.74) is 1.47. The van der Waals surface area contributed by atoms with Crippen LogP contribution in [0.4, 0.5) is 11.5 Å². The quantitative estimate of drug-likeness (QED) is 0.850. The number of methoxy groups -OCH3 is 1. The zero-order valence-electron chi connectivity index (χ0n) is 13.5. The molecule has 0 aliphatic carbocycles. The molecule has 1 amide bonds. The van der Waals surface area contributed by atoms with Gasteiger partial charge in [0.2, 0.25) is 0 Å². The second-order valence-electron chi connectivity index (χ2n) is 5.08. The summed E-state index contributed by atoms with van der Waals surface area (Å²) in [5.74, 6) is 0.179. The molecule has 0 fully saturated rings. The molecule has 2 rings (SSSR count). The van der Waals surface area contributed by atoms with E-state index in [1.165, 1.54) is 20.2 Å². The lowest BCUT2D eigenvalue weighted by Crippen LogP contribution is -2.18. The number of nitrogens with one attached hydrogen (secondary N) is 1. The molecule has 0 unspecified atom stereocenters. The lowest BCUT2D eigenvalue weighted by Gasteiger charge is -2.16. The Hall–Kier alpha value is -2.96. The van der Waals surface area contributed by atoms with E-state index in [-0.39, 0.29) is 17.7 Å². The van der Waals surface area contributed by atoms with Gasteiger partial charge in [0.15, 0.2) is 11.6 Å². The summed E-state index contributed by atoms with van der Waals surface area (Å²) in [6, 6.07) is 6.67. The van der Waals surface area contributed by atoms with Gasteiger partial charge in [-0.1, -0.05) is 12.1 Å². The van der Waals surface area contributed by atoms with E-state index in [1.807, 2.05) is 0 Å². The Kier molecular flexibility index (Phi) is 4.90. The van der Waals surface area contributed by atoms with Gasteiger partial charge in [0.1, 0.15) is 5.69 Å². The fourth-order valence-electron chi connectivity index (χ4n) is 1.94. The first kappa shape index (κ1) is 16.4. The van der Waals surface area contributed by atoms with Crippen LogP contribution in [0.15, 0.2) is 30.5 Å². The number of hydrogen-bond acceptors (Lipinski definition) is 6. The van der Waals surface area contributed by atoms with Gasteiger partial charge in [-0.05, 0) is 19.1 Å². The van der Waals surface area contributed by atoms with Crippen molar-refractivity contribution in [3.63, 3.8) is 0 Å². The predicted molar refractivity (Wildman–Crippen MR) is 87.3 cm³/mol. The molecule has 1 heterocycles. The van der Waals surface area contributed by atoms with Gasteiger partial charge in [0.25, 0.3) is 5.91 Å². The fourth-order valence-corrected chi connectivity index (χ4v) is 1.94. The third-order valence-corrected chi connectivity index (χ3v) is 3.15. The van der Waals surface area contributed by atoms with Crippen molar-refractivity contribution < 1.29 is 14.3 Å². The standard InChI is InChI=1S/C16H18N4O3/c1-10(21)11-5-7-12(8-6-11)15(22)18-13-9-17-16(23-4)19-14(13)20(2)3/h5-9H,1-4H3,(H,18,22). The van der Waals surface area contributed by atoms with Gasteiger partial charge in [-0.2, -0.15) is 4.98 Å². The number of ketones is 1. The van der Waals surface area contributed by atoms with E-state index in [0.29, 0.717) is 22.6 Å². The molecule has 0 bridgehead atoms. The van der Waals surface area contributed by atoms with Crippen molar-refractivity contribution in [3.05, 3.63) is 41.6 Å². The van der Waals surface area contributed by atoms with Crippen molar-refractivity contribution in [1.29, 1.82) is 0 Å². The molecule has 0 atom stereocenters. The normalized spacial score (nSPS) is 10.1. The van der Waals surface area contributed by atoms with Crippen molar-refractivity contribution in [1.82, 2.24) is 9.97 Å². The zero-order chi connectivity index (χ0) is 17.0. The lowest BCUT2D eigenvalue weighted by atomic mass is 10.1. The van der Waals surface area contributed by atoms with Crippen LogP contribution in [-0.2, 0) is 0 Å². The summed E-state index contributed by atoms with van der Waals surface area (Å²) in [6.07, 6.45) is 1.49. The zero-order valence-corrected chi connectivity index (χ0v) is 13.5. The Morgan fingerprint density at radius 1 is 1.13 bits per heavy atom. The summed E-state index contributed by atoms with van der Waals surface area (Å²) in [7, 11) is 5.09. The van der Waals surface area contributed by atoms with Crippen molar-refractivity contribution in [2.24, 2.45) is 0 Å². The molecule has 0 aliphatic heterocycles. The van der Waals surface area contributed by atoms with E-state index < -0.39 is 0 Å². The Morgan fingerprint density at radius 3 is 2.26 bits per heavy atom. The Balaban J connectivity index is 2.24. The molecule has 7 heteroatoms. The molecule has 120 valence electrons. The summed E-state index contributed by atoms with van der Waals surface area (Å²) in [4.78, 5) is 33.5. The van der Waals surface area contributed by atoms with Crippen LogP contribution in [0.1, 0.15) is 27.6 Å². The number of benzene rings is 1. The monoisotopic (exact) mass is 314 g/mol. The molecule has 0 saturated heterocycles. The number of carbonyl (C=O) groups is 2. The highest BCUT2D eigenvalue weighted by Crippen LogP contribution is 2.23. The Morgan fingerprint density at radius 2 is 1.74 bits per heavy atom. The molecule has 1 aromatic carbocycles. The molecule has 1 aromatic heterocycles. The average molecular weight is 314 g/mol. The lowest BCUT2D eigenvalue weighted by molar-refractivity contribution is 0.101. The van der Waals surface area contributed by atoms with Crippen LogP contribution >= 0.6 is 0 Å². The van der Waals surface area contributed by atoms with Crippen molar-refractivity contribution in [2.75, 3.05) is 31.4 Å². The maximum atomic E-state index is 12.3. The van der Waals surface area contributed by atoms with Gasteiger partial charge in [-0.15, -0.1) is 0 Å². The van der Waals surface area contributed by atoms with Gasteiger partial charge in [0, 0.05) is 25.2 Å². The second-order valence-corrected chi connectivity index (χ2v) is 5.08. The Labute approximate surface area is 134 Å². The fraction of sp³-hybridized carbons (Fsp3) is 0.250. The number of ether oxygens (including phenoxy) is 1. The highest BCUT2D eigenvalue weighted by atomic mass is 16.5. The average Bonchev–Trinajstić information content (AvgIpc) is 2.55. The van der Waals surface area contributed by atoms with Gasteiger partial charge in [0.05, 0.1) is 13.3 Å². The van der Waals surface area contributed by atoms with E-state index in [2.05, 4.69) is 15.3 Å². The first-order valence-electron chi connectivity index (χ1n) is 6.93. The van der Waals surface area contributed by atoms with Gasteiger partial charge in [-0.25, -0.2) is 4.98 Å².